The van der Waals surface area contributed by atoms with E-state index in [4.69, 9.17) is 16.3 Å². The molecule has 0 bridgehead atoms. The smallest absolute Gasteiger partial charge is 0.341 e. The van der Waals surface area contributed by atoms with E-state index >= 15 is 0 Å². The number of nitrogens with one attached hydrogen (secondary N) is 1. The number of aromatic amines is 1. The normalized spacial score (nSPS) is 11.6. The minimum atomic E-state index is -3.81. The van der Waals surface area contributed by atoms with Gasteiger partial charge in [0.1, 0.15) is 5.56 Å². The second kappa shape index (κ2) is 7.69. The van der Waals surface area contributed by atoms with Crippen molar-refractivity contribution in [3.8, 4) is 0 Å². The van der Waals surface area contributed by atoms with Gasteiger partial charge >= 0.3 is 5.97 Å². The van der Waals surface area contributed by atoms with Crippen LogP contribution in [0.3, 0.4) is 0 Å². The molecule has 2 aromatic rings. The molecule has 2 rings (SSSR count). The van der Waals surface area contributed by atoms with Crippen molar-refractivity contribution >= 4 is 33.2 Å². The fourth-order valence-corrected chi connectivity index (χ4v) is 3.77. The lowest BCUT2D eigenvalue weighted by atomic mass is 10.0. The zero-order valence-electron chi connectivity index (χ0n) is 15.2. The first-order chi connectivity index (χ1) is 12.5. The van der Waals surface area contributed by atoms with E-state index in [1.165, 1.54) is 16.9 Å². The molecular formula is C17H19ClN2O6S. The highest BCUT2D eigenvalue weighted by atomic mass is 35.5. The van der Waals surface area contributed by atoms with Gasteiger partial charge in [-0.05, 0) is 32.9 Å². The molecule has 0 aliphatic heterocycles. The van der Waals surface area contributed by atoms with Crippen molar-refractivity contribution in [3.63, 3.8) is 0 Å². The second-order valence-corrected chi connectivity index (χ2v) is 8.44. The molecule has 0 spiro atoms. The van der Waals surface area contributed by atoms with E-state index in [1.54, 1.807) is 20.8 Å². The zero-order chi connectivity index (χ0) is 20.5. The maximum atomic E-state index is 12.8. The Labute approximate surface area is 161 Å². The average molecular weight is 415 g/mol. The number of halogens is 1. The van der Waals surface area contributed by atoms with E-state index in [2.05, 4.69) is 5.10 Å². The number of H-pyrrole nitrogens is 1. The standard InChI is InChI=1S/C17H19ClN2O6S/c1-5-26-17(23)13-12(27(4,24)25)7-6-10(14(13)18)15(21)11-8-19-20(9(2)3)16(11)22/h6-9,19H,5H2,1-4H3. The molecule has 0 aliphatic carbocycles. The Balaban J connectivity index is 2.69. The number of hydrogen-bond acceptors (Lipinski definition) is 6. The third-order valence-corrected chi connectivity index (χ3v) is 5.32. The fourth-order valence-electron chi connectivity index (χ4n) is 2.51. The molecule has 0 aliphatic rings. The minimum Gasteiger partial charge on any atom is -0.462 e. The van der Waals surface area contributed by atoms with Crippen LogP contribution in [0.4, 0.5) is 0 Å². The van der Waals surface area contributed by atoms with Crippen LogP contribution in [0.15, 0.2) is 28.0 Å². The summed E-state index contributed by atoms with van der Waals surface area (Å²) < 4.78 is 30.1. The van der Waals surface area contributed by atoms with Crippen LogP contribution in [0.5, 0.6) is 0 Å². The van der Waals surface area contributed by atoms with Crippen LogP contribution >= 0.6 is 11.6 Å². The molecule has 0 unspecified atom stereocenters. The molecule has 0 atom stereocenters. The highest BCUT2D eigenvalue weighted by molar-refractivity contribution is 7.90. The quantitative estimate of drug-likeness (QED) is 0.572. The maximum absolute atomic E-state index is 12.8. The Morgan fingerprint density at radius 1 is 1.26 bits per heavy atom. The number of carbonyl (C=O) groups excluding carboxylic acids is 2. The summed E-state index contributed by atoms with van der Waals surface area (Å²) in [7, 11) is -3.81. The molecule has 1 aromatic heterocycles. The number of hydrogen-bond donors (Lipinski definition) is 1. The summed E-state index contributed by atoms with van der Waals surface area (Å²) in [5.41, 5.74) is -1.31. The third kappa shape index (κ3) is 3.98. The number of aromatic nitrogens is 2. The first kappa shape index (κ1) is 20.9. The largest absolute Gasteiger partial charge is 0.462 e. The van der Waals surface area contributed by atoms with E-state index in [0.29, 0.717) is 0 Å². The Bertz CT molecular complexity index is 1070. The Morgan fingerprint density at radius 3 is 2.37 bits per heavy atom. The molecule has 0 radical (unpaired) electrons. The minimum absolute atomic E-state index is 0.00650. The van der Waals surface area contributed by atoms with Crippen molar-refractivity contribution in [2.24, 2.45) is 0 Å². The van der Waals surface area contributed by atoms with E-state index in [1.807, 2.05) is 0 Å². The number of ketones is 1. The van der Waals surface area contributed by atoms with Gasteiger partial charge in [-0.1, -0.05) is 11.6 Å². The van der Waals surface area contributed by atoms with Crippen LogP contribution in [-0.2, 0) is 14.6 Å². The summed E-state index contributed by atoms with van der Waals surface area (Å²) in [6.07, 6.45) is 2.16. The lowest BCUT2D eigenvalue weighted by molar-refractivity contribution is 0.0522. The molecule has 27 heavy (non-hydrogen) atoms. The Morgan fingerprint density at radius 2 is 1.89 bits per heavy atom. The van der Waals surface area contributed by atoms with Crippen LogP contribution in [0.1, 0.15) is 53.1 Å². The van der Waals surface area contributed by atoms with E-state index < -0.39 is 32.7 Å². The van der Waals surface area contributed by atoms with Crippen molar-refractivity contribution in [1.29, 1.82) is 0 Å². The number of rotatable bonds is 6. The van der Waals surface area contributed by atoms with Gasteiger partial charge in [-0.15, -0.1) is 0 Å². The van der Waals surface area contributed by atoms with Gasteiger partial charge in [-0.2, -0.15) is 0 Å². The molecular weight excluding hydrogens is 396 g/mol. The predicted octanol–water partition coefficient (Wildman–Crippen LogP) is 2.22. The van der Waals surface area contributed by atoms with Crippen molar-refractivity contribution in [2.45, 2.75) is 31.7 Å². The second-order valence-electron chi connectivity index (χ2n) is 6.08. The van der Waals surface area contributed by atoms with Crippen molar-refractivity contribution < 1.29 is 22.7 Å². The van der Waals surface area contributed by atoms with E-state index in [-0.39, 0.29) is 33.7 Å². The number of esters is 1. The number of benzene rings is 1. The van der Waals surface area contributed by atoms with Crippen LogP contribution in [0, 0.1) is 0 Å². The highest BCUT2D eigenvalue weighted by Crippen LogP contribution is 2.30. The summed E-state index contributed by atoms with van der Waals surface area (Å²) in [5.74, 6) is -1.70. The molecule has 1 aromatic carbocycles. The SMILES string of the molecule is CCOC(=O)c1c(S(C)(=O)=O)ccc(C(=O)c2c[nH]n(C(C)C)c2=O)c1Cl. The first-order valence-electron chi connectivity index (χ1n) is 8.05. The summed E-state index contributed by atoms with van der Waals surface area (Å²) in [5, 5.41) is 2.31. The van der Waals surface area contributed by atoms with Crippen LogP contribution < -0.4 is 5.56 Å². The molecule has 1 N–H and O–H groups in total. The maximum Gasteiger partial charge on any atom is 0.341 e. The zero-order valence-corrected chi connectivity index (χ0v) is 16.8. The summed E-state index contributed by atoms with van der Waals surface area (Å²) in [4.78, 5) is 37.1. The number of nitrogens with zero attached hydrogens (tertiary/aromatic N) is 1. The molecule has 1 heterocycles. The molecule has 0 saturated carbocycles. The van der Waals surface area contributed by atoms with E-state index in [0.717, 1.165) is 12.3 Å². The van der Waals surface area contributed by atoms with Gasteiger partial charge < -0.3 is 9.84 Å². The van der Waals surface area contributed by atoms with Gasteiger partial charge in [0.2, 0.25) is 5.78 Å². The van der Waals surface area contributed by atoms with Gasteiger partial charge in [0.25, 0.3) is 5.56 Å². The van der Waals surface area contributed by atoms with Gasteiger partial charge in [0, 0.05) is 24.1 Å². The van der Waals surface area contributed by atoms with Crippen LogP contribution in [0.25, 0.3) is 0 Å². The fraction of sp³-hybridized carbons (Fsp3) is 0.353. The van der Waals surface area contributed by atoms with E-state index in [9.17, 15) is 22.8 Å². The first-order valence-corrected chi connectivity index (χ1v) is 10.3. The number of ether oxygens (including phenoxy) is 1. The molecule has 8 nitrogen and oxygen atoms in total. The van der Waals surface area contributed by atoms with Crippen molar-refractivity contribution in [1.82, 2.24) is 9.78 Å². The lowest BCUT2D eigenvalue weighted by Gasteiger charge is -2.12. The number of sulfone groups is 1. The third-order valence-electron chi connectivity index (χ3n) is 3.79. The topological polar surface area (TPSA) is 115 Å². The average Bonchev–Trinajstić information content (AvgIpc) is 2.94. The van der Waals surface area contributed by atoms with Gasteiger partial charge in [-0.3, -0.25) is 14.3 Å². The lowest BCUT2D eigenvalue weighted by Crippen LogP contribution is -2.24. The molecule has 146 valence electrons. The van der Waals surface area contributed by atoms with Gasteiger partial charge in [0.15, 0.2) is 9.84 Å². The summed E-state index contributed by atoms with van der Waals surface area (Å²) in [6.45, 7) is 5.07. The molecule has 0 amide bonds. The van der Waals surface area contributed by atoms with Crippen molar-refractivity contribution in [3.05, 3.63) is 50.4 Å². The highest BCUT2D eigenvalue weighted by Gasteiger charge is 2.28. The number of carbonyl (C=O) groups is 2. The Kier molecular flexibility index (Phi) is 5.96. The molecule has 0 saturated heterocycles. The van der Waals surface area contributed by atoms with Crippen LogP contribution in [0.2, 0.25) is 5.02 Å². The van der Waals surface area contributed by atoms with Crippen molar-refractivity contribution in [2.75, 3.05) is 12.9 Å². The molecule has 10 heteroatoms. The summed E-state index contributed by atoms with van der Waals surface area (Å²) >= 11 is 6.21. The van der Waals surface area contributed by atoms with Gasteiger partial charge in [-0.25, -0.2) is 13.2 Å². The van der Waals surface area contributed by atoms with Crippen LogP contribution in [-0.4, -0.2) is 42.8 Å². The Hall–Kier alpha value is -2.39. The molecule has 0 fully saturated rings. The summed E-state index contributed by atoms with van der Waals surface area (Å²) in [6, 6.07) is 2.08. The monoisotopic (exact) mass is 414 g/mol. The predicted molar refractivity (Wildman–Crippen MR) is 99.4 cm³/mol. The van der Waals surface area contributed by atoms with Gasteiger partial charge in [0.05, 0.1) is 22.1 Å².